The molecule has 1 heterocycles. The summed E-state index contributed by atoms with van der Waals surface area (Å²) in [6.07, 6.45) is 5.29. The summed E-state index contributed by atoms with van der Waals surface area (Å²) in [5, 5.41) is 22.1. The Morgan fingerprint density at radius 2 is 1.42 bits per heavy atom. The summed E-state index contributed by atoms with van der Waals surface area (Å²) in [4.78, 5) is 5.38. The van der Waals surface area contributed by atoms with Gasteiger partial charge in [-0.15, -0.1) is 0 Å². The Kier molecular flexibility index (Phi) is 6.97. The first kappa shape index (κ1) is 27.3. The first-order valence-corrected chi connectivity index (χ1v) is 15.1. The predicted octanol–water partition coefficient (Wildman–Crippen LogP) is 5.95. The monoisotopic (exact) mass is 559 g/mol. The van der Waals surface area contributed by atoms with Crippen molar-refractivity contribution in [3.05, 3.63) is 148 Å². The Hall–Kier alpha value is -4.51. The average Bonchev–Trinajstić information content (AvgIpc) is 3.32. The maximum atomic E-state index is 9.88. The molecule has 5 aromatic carbocycles. The van der Waals surface area contributed by atoms with Gasteiger partial charge < -0.3 is 10.0 Å². The van der Waals surface area contributed by atoms with Crippen LogP contribution in [0.15, 0.2) is 120 Å². The van der Waals surface area contributed by atoms with Crippen LogP contribution in [0.25, 0.3) is 34.0 Å². The van der Waals surface area contributed by atoms with Crippen LogP contribution in [0.3, 0.4) is 0 Å². The molecule has 43 heavy (non-hydrogen) atoms. The summed E-state index contributed by atoms with van der Waals surface area (Å²) in [6, 6.07) is 40.3. The SMILES string of the molecule is CC1(C)c2cc(B(O)O)ccc2-c2c(-c3ccc4/c(c3)=C\CCC/C(c3ccccc3)=N\C=4c3ccccc3)cccc21. The summed E-state index contributed by atoms with van der Waals surface area (Å²) < 4.78 is 0. The molecule has 210 valence electrons. The van der Waals surface area contributed by atoms with E-state index in [1.54, 1.807) is 0 Å². The van der Waals surface area contributed by atoms with Crippen molar-refractivity contribution >= 4 is 30.1 Å². The Bertz CT molecular complexity index is 1990. The highest BCUT2D eigenvalue weighted by molar-refractivity contribution is 6.58. The minimum Gasteiger partial charge on any atom is -0.423 e. The van der Waals surface area contributed by atoms with Gasteiger partial charge in [-0.1, -0.05) is 129 Å². The third kappa shape index (κ3) is 4.87. The number of benzene rings is 5. The molecule has 0 saturated heterocycles. The molecule has 0 spiro atoms. The molecule has 0 saturated carbocycles. The van der Waals surface area contributed by atoms with Crippen molar-refractivity contribution in [2.45, 2.75) is 38.5 Å². The largest absolute Gasteiger partial charge is 0.488 e. The van der Waals surface area contributed by atoms with Gasteiger partial charge in [0, 0.05) is 21.9 Å². The van der Waals surface area contributed by atoms with E-state index in [9.17, 15) is 10.0 Å². The molecular formula is C39H34BNO2. The van der Waals surface area contributed by atoms with Crippen molar-refractivity contribution in [1.29, 1.82) is 0 Å². The average molecular weight is 560 g/mol. The molecule has 1 aliphatic heterocycles. The highest BCUT2D eigenvalue weighted by atomic mass is 16.4. The van der Waals surface area contributed by atoms with Crippen LogP contribution in [0.2, 0.25) is 0 Å². The van der Waals surface area contributed by atoms with Gasteiger partial charge in [-0.05, 0) is 75.0 Å². The molecule has 4 heteroatoms. The van der Waals surface area contributed by atoms with E-state index in [0.717, 1.165) is 52.6 Å². The number of fused-ring (bicyclic) bond motifs is 4. The highest BCUT2D eigenvalue weighted by Gasteiger charge is 2.37. The van der Waals surface area contributed by atoms with Crippen LogP contribution in [-0.4, -0.2) is 22.9 Å². The number of hydrogen-bond acceptors (Lipinski definition) is 3. The quantitative estimate of drug-likeness (QED) is 0.268. The van der Waals surface area contributed by atoms with Gasteiger partial charge in [0.25, 0.3) is 0 Å². The van der Waals surface area contributed by atoms with E-state index in [-0.39, 0.29) is 5.41 Å². The second kappa shape index (κ2) is 11.0. The molecule has 7 rings (SSSR count). The topological polar surface area (TPSA) is 52.8 Å². The zero-order chi connectivity index (χ0) is 29.6. The Labute approximate surface area is 253 Å². The lowest BCUT2D eigenvalue weighted by molar-refractivity contribution is 0.425. The van der Waals surface area contributed by atoms with Crippen LogP contribution < -0.4 is 15.9 Å². The number of rotatable bonds is 4. The second-order valence-electron chi connectivity index (χ2n) is 12.1. The van der Waals surface area contributed by atoms with E-state index in [4.69, 9.17) is 4.99 Å². The summed E-state index contributed by atoms with van der Waals surface area (Å²) in [5.74, 6) is 0. The van der Waals surface area contributed by atoms with Crippen molar-refractivity contribution in [3.63, 3.8) is 0 Å². The minimum absolute atomic E-state index is 0.254. The molecule has 0 aromatic heterocycles. The summed E-state index contributed by atoms with van der Waals surface area (Å²) >= 11 is 0. The van der Waals surface area contributed by atoms with Crippen LogP contribution in [0.5, 0.6) is 0 Å². The zero-order valence-corrected chi connectivity index (χ0v) is 24.6. The summed E-state index contributed by atoms with van der Waals surface area (Å²) in [6.45, 7) is 4.44. The van der Waals surface area contributed by atoms with Crippen molar-refractivity contribution in [3.8, 4) is 22.3 Å². The standard InChI is InChI=1S/C39H34BNO2/c1-39(2)34-18-11-17-31(37(34)33-23-21-30(40(42)43)25-35(33)39)29-20-22-32-28(24-29)16-9-10-19-36(26-12-5-3-6-13-26)41-38(32)27-14-7-4-8-15-27/h3-8,11-18,20-25,42-43H,9-10,19H2,1-2H3/b28-16-,38-32-,41-36+. The zero-order valence-electron chi connectivity index (χ0n) is 24.6. The Morgan fingerprint density at radius 1 is 0.674 bits per heavy atom. The Balaban J connectivity index is 1.46. The van der Waals surface area contributed by atoms with Crippen LogP contribution in [0, 0.1) is 0 Å². The van der Waals surface area contributed by atoms with Gasteiger partial charge in [0.05, 0.1) is 5.70 Å². The third-order valence-electron chi connectivity index (χ3n) is 9.02. The van der Waals surface area contributed by atoms with Gasteiger partial charge >= 0.3 is 7.12 Å². The number of hydrogen-bond donors (Lipinski definition) is 2. The molecule has 0 bridgehead atoms. The fraction of sp³-hybridized carbons (Fsp3) is 0.154. The van der Waals surface area contributed by atoms with Crippen molar-refractivity contribution in [2.75, 3.05) is 0 Å². The lowest BCUT2D eigenvalue weighted by Gasteiger charge is -2.22. The first-order valence-electron chi connectivity index (χ1n) is 15.1. The lowest BCUT2D eigenvalue weighted by Crippen LogP contribution is -2.31. The van der Waals surface area contributed by atoms with Crippen LogP contribution in [0.4, 0.5) is 0 Å². The predicted molar refractivity (Wildman–Crippen MR) is 179 cm³/mol. The van der Waals surface area contributed by atoms with Crippen molar-refractivity contribution in [1.82, 2.24) is 0 Å². The smallest absolute Gasteiger partial charge is 0.423 e. The summed E-state index contributed by atoms with van der Waals surface area (Å²) in [7, 11) is -1.49. The molecule has 0 amide bonds. The van der Waals surface area contributed by atoms with E-state index >= 15 is 0 Å². The van der Waals surface area contributed by atoms with Crippen molar-refractivity contribution in [2.24, 2.45) is 4.99 Å². The van der Waals surface area contributed by atoms with Gasteiger partial charge in [-0.2, -0.15) is 0 Å². The van der Waals surface area contributed by atoms with Gasteiger partial charge in [0.2, 0.25) is 0 Å². The molecule has 2 N–H and O–H groups in total. The molecule has 2 aliphatic rings. The fourth-order valence-corrected chi connectivity index (χ4v) is 6.75. The van der Waals surface area contributed by atoms with E-state index in [1.807, 2.05) is 18.2 Å². The van der Waals surface area contributed by atoms with Gasteiger partial charge in [-0.25, -0.2) is 0 Å². The van der Waals surface area contributed by atoms with E-state index in [0.29, 0.717) is 5.46 Å². The van der Waals surface area contributed by atoms with Crippen LogP contribution in [-0.2, 0) is 5.41 Å². The molecular weight excluding hydrogens is 525 g/mol. The molecule has 0 atom stereocenters. The molecule has 5 aromatic rings. The molecule has 3 nitrogen and oxygen atoms in total. The van der Waals surface area contributed by atoms with Crippen LogP contribution >= 0.6 is 0 Å². The van der Waals surface area contributed by atoms with Gasteiger partial charge in [0.15, 0.2) is 0 Å². The summed E-state index contributed by atoms with van der Waals surface area (Å²) in [5.41, 5.74) is 11.8. The minimum atomic E-state index is -1.49. The molecule has 0 radical (unpaired) electrons. The number of nitrogens with zero attached hydrogens (tertiary/aromatic N) is 1. The van der Waals surface area contributed by atoms with Gasteiger partial charge in [0.1, 0.15) is 0 Å². The van der Waals surface area contributed by atoms with E-state index in [2.05, 4.69) is 117 Å². The Morgan fingerprint density at radius 3 is 2.16 bits per heavy atom. The highest BCUT2D eigenvalue weighted by Crippen LogP contribution is 2.51. The second-order valence-corrected chi connectivity index (χ2v) is 12.1. The fourth-order valence-electron chi connectivity index (χ4n) is 6.75. The molecule has 1 aliphatic carbocycles. The lowest BCUT2D eigenvalue weighted by atomic mass is 9.75. The third-order valence-corrected chi connectivity index (χ3v) is 9.02. The number of aliphatic imine (C=N–C) groups is 1. The normalized spacial score (nSPS) is 18.4. The van der Waals surface area contributed by atoms with E-state index in [1.165, 1.54) is 33.0 Å². The van der Waals surface area contributed by atoms with E-state index < -0.39 is 7.12 Å². The van der Waals surface area contributed by atoms with Gasteiger partial charge in [-0.3, -0.25) is 4.99 Å². The molecule has 0 unspecified atom stereocenters. The maximum Gasteiger partial charge on any atom is 0.488 e. The maximum absolute atomic E-state index is 9.88. The first-order chi connectivity index (χ1) is 20.9. The molecule has 0 fully saturated rings. The van der Waals surface area contributed by atoms with Crippen LogP contribution in [0.1, 0.15) is 55.4 Å². The van der Waals surface area contributed by atoms with Crippen molar-refractivity contribution < 1.29 is 10.0 Å².